The first-order valence-corrected chi connectivity index (χ1v) is 5.78. The summed E-state index contributed by atoms with van der Waals surface area (Å²) < 4.78 is 0. The highest BCUT2D eigenvalue weighted by Crippen LogP contribution is 2.24. The lowest BCUT2D eigenvalue weighted by atomic mass is 10.4. The van der Waals surface area contributed by atoms with Crippen molar-refractivity contribution in [2.24, 2.45) is 10.9 Å². The number of aromatic nitrogens is 4. The molecule has 3 N–H and O–H groups in total. The van der Waals surface area contributed by atoms with E-state index in [0.717, 1.165) is 5.69 Å². The predicted octanol–water partition coefficient (Wildman–Crippen LogP) is 0.821. The Morgan fingerprint density at radius 1 is 1.28 bits per heavy atom. The van der Waals surface area contributed by atoms with Crippen molar-refractivity contribution in [3.63, 3.8) is 0 Å². The average molecular weight is 262 g/mol. The van der Waals surface area contributed by atoms with Crippen molar-refractivity contribution >= 4 is 17.6 Å². The van der Waals surface area contributed by atoms with Crippen molar-refractivity contribution in [3.8, 4) is 0 Å². The van der Waals surface area contributed by atoms with Crippen LogP contribution in [0.1, 0.15) is 11.4 Å². The number of aryl methyl sites for hydroxylation is 1. The van der Waals surface area contributed by atoms with Crippen LogP contribution >= 0.6 is 11.8 Å². The molecule has 8 heteroatoms. The van der Waals surface area contributed by atoms with E-state index in [-0.39, 0.29) is 5.84 Å². The summed E-state index contributed by atoms with van der Waals surface area (Å²) in [7, 11) is 0. The Hall–Kier alpha value is -2.22. The first-order chi connectivity index (χ1) is 8.70. The standard InChI is InChI=1S/C10H10N6OS/c1-6-2-3-14-10(15-6)18-9-7(8(11)16-17)12-4-5-13-9/h2-5,17H,1H3,(H2,11,16). The molecule has 0 saturated carbocycles. The van der Waals surface area contributed by atoms with E-state index in [1.165, 1.54) is 24.2 Å². The summed E-state index contributed by atoms with van der Waals surface area (Å²) in [5.41, 5.74) is 6.67. The molecule has 0 aliphatic carbocycles. The second-order valence-corrected chi connectivity index (χ2v) is 4.23. The molecule has 0 fully saturated rings. The Morgan fingerprint density at radius 3 is 2.78 bits per heavy atom. The topological polar surface area (TPSA) is 110 Å². The number of nitrogens with two attached hydrogens (primary N) is 1. The molecular formula is C10H10N6OS. The van der Waals surface area contributed by atoms with Crippen LogP contribution in [0.4, 0.5) is 0 Å². The summed E-state index contributed by atoms with van der Waals surface area (Å²) in [5, 5.41) is 12.6. The van der Waals surface area contributed by atoms with E-state index in [9.17, 15) is 0 Å². The van der Waals surface area contributed by atoms with Gasteiger partial charge in [-0.1, -0.05) is 5.16 Å². The Balaban J connectivity index is 2.35. The van der Waals surface area contributed by atoms with Crippen LogP contribution < -0.4 is 5.73 Å². The SMILES string of the molecule is Cc1ccnc(Sc2nccnc2C(N)=NO)n1. The number of oxime groups is 1. The van der Waals surface area contributed by atoms with Gasteiger partial charge in [0.15, 0.2) is 11.0 Å². The van der Waals surface area contributed by atoms with Crippen LogP contribution in [0.2, 0.25) is 0 Å². The number of amidine groups is 1. The summed E-state index contributed by atoms with van der Waals surface area (Å²) in [4.78, 5) is 16.5. The zero-order valence-electron chi connectivity index (χ0n) is 9.48. The van der Waals surface area contributed by atoms with E-state index in [2.05, 4.69) is 25.1 Å². The van der Waals surface area contributed by atoms with Gasteiger partial charge in [0.05, 0.1) is 0 Å². The highest BCUT2D eigenvalue weighted by atomic mass is 32.2. The zero-order valence-corrected chi connectivity index (χ0v) is 10.3. The summed E-state index contributed by atoms with van der Waals surface area (Å²) >= 11 is 1.20. The van der Waals surface area contributed by atoms with Gasteiger partial charge < -0.3 is 10.9 Å². The van der Waals surface area contributed by atoms with E-state index in [1.807, 2.05) is 6.92 Å². The maximum Gasteiger partial charge on any atom is 0.194 e. The number of hydrogen-bond acceptors (Lipinski definition) is 7. The molecule has 2 aromatic rings. The minimum Gasteiger partial charge on any atom is -0.409 e. The maximum absolute atomic E-state index is 8.68. The lowest BCUT2D eigenvalue weighted by molar-refractivity contribution is 0.318. The number of rotatable bonds is 3. The Kier molecular flexibility index (Phi) is 3.68. The molecule has 0 spiro atoms. The summed E-state index contributed by atoms with van der Waals surface area (Å²) in [6.07, 6.45) is 4.64. The molecule has 92 valence electrons. The first kappa shape index (κ1) is 12.2. The van der Waals surface area contributed by atoms with E-state index in [1.54, 1.807) is 12.3 Å². The van der Waals surface area contributed by atoms with Gasteiger partial charge in [-0.15, -0.1) is 0 Å². The molecule has 0 atom stereocenters. The molecular weight excluding hydrogens is 252 g/mol. The molecule has 2 heterocycles. The van der Waals surface area contributed by atoms with Crippen molar-refractivity contribution in [1.82, 2.24) is 19.9 Å². The van der Waals surface area contributed by atoms with Gasteiger partial charge in [-0.05, 0) is 24.8 Å². The highest BCUT2D eigenvalue weighted by molar-refractivity contribution is 7.99. The van der Waals surface area contributed by atoms with Gasteiger partial charge >= 0.3 is 0 Å². The van der Waals surface area contributed by atoms with Gasteiger partial charge in [0.1, 0.15) is 10.7 Å². The van der Waals surface area contributed by atoms with Gasteiger partial charge in [0, 0.05) is 24.3 Å². The Labute approximate surface area is 107 Å². The summed E-state index contributed by atoms with van der Waals surface area (Å²) in [6.45, 7) is 1.87. The highest BCUT2D eigenvalue weighted by Gasteiger charge is 2.12. The van der Waals surface area contributed by atoms with Crippen LogP contribution in [0.15, 0.2) is 40.0 Å². The Bertz CT molecular complexity index is 588. The fourth-order valence-electron chi connectivity index (χ4n) is 1.18. The first-order valence-electron chi connectivity index (χ1n) is 4.97. The van der Waals surface area contributed by atoms with Crippen molar-refractivity contribution in [2.75, 3.05) is 0 Å². The minimum atomic E-state index is -0.0988. The lowest BCUT2D eigenvalue weighted by Gasteiger charge is -2.04. The molecule has 0 aromatic carbocycles. The fraction of sp³-hybridized carbons (Fsp3) is 0.100. The molecule has 0 aliphatic rings. The zero-order chi connectivity index (χ0) is 13.0. The van der Waals surface area contributed by atoms with E-state index >= 15 is 0 Å². The molecule has 18 heavy (non-hydrogen) atoms. The molecule has 0 amide bonds. The largest absolute Gasteiger partial charge is 0.409 e. The van der Waals surface area contributed by atoms with Crippen LogP contribution in [-0.4, -0.2) is 31.0 Å². The van der Waals surface area contributed by atoms with E-state index in [4.69, 9.17) is 10.9 Å². The maximum atomic E-state index is 8.68. The average Bonchev–Trinajstić information content (AvgIpc) is 2.38. The smallest absolute Gasteiger partial charge is 0.194 e. The molecule has 7 nitrogen and oxygen atoms in total. The molecule has 2 rings (SSSR count). The van der Waals surface area contributed by atoms with Gasteiger partial charge in [-0.3, -0.25) is 0 Å². The molecule has 0 saturated heterocycles. The molecule has 2 aromatic heterocycles. The normalized spacial score (nSPS) is 11.5. The lowest BCUT2D eigenvalue weighted by Crippen LogP contribution is -2.16. The quantitative estimate of drug-likeness (QED) is 0.277. The van der Waals surface area contributed by atoms with Crippen molar-refractivity contribution in [3.05, 3.63) is 36.0 Å². The van der Waals surface area contributed by atoms with Crippen LogP contribution in [0.3, 0.4) is 0 Å². The van der Waals surface area contributed by atoms with Crippen molar-refractivity contribution in [1.29, 1.82) is 0 Å². The van der Waals surface area contributed by atoms with E-state index in [0.29, 0.717) is 15.9 Å². The van der Waals surface area contributed by atoms with Crippen LogP contribution in [0, 0.1) is 6.92 Å². The third kappa shape index (κ3) is 2.72. The third-order valence-electron chi connectivity index (χ3n) is 1.98. The molecule has 0 unspecified atom stereocenters. The summed E-state index contributed by atoms with van der Waals surface area (Å²) in [6, 6.07) is 1.80. The van der Waals surface area contributed by atoms with Crippen molar-refractivity contribution < 1.29 is 5.21 Å². The monoisotopic (exact) mass is 262 g/mol. The van der Waals surface area contributed by atoms with Gasteiger partial charge in [0.2, 0.25) is 0 Å². The van der Waals surface area contributed by atoms with Gasteiger partial charge in [0.25, 0.3) is 0 Å². The van der Waals surface area contributed by atoms with Crippen LogP contribution in [-0.2, 0) is 0 Å². The van der Waals surface area contributed by atoms with Crippen LogP contribution in [0.25, 0.3) is 0 Å². The fourth-order valence-corrected chi connectivity index (χ4v) is 2.03. The second-order valence-electron chi connectivity index (χ2n) is 3.28. The van der Waals surface area contributed by atoms with Crippen LogP contribution in [0.5, 0.6) is 0 Å². The minimum absolute atomic E-state index is 0.0988. The number of hydrogen-bond donors (Lipinski definition) is 2. The van der Waals surface area contributed by atoms with E-state index < -0.39 is 0 Å². The third-order valence-corrected chi connectivity index (χ3v) is 2.85. The summed E-state index contributed by atoms with van der Waals surface area (Å²) in [5.74, 6) is -0.0988. The predicted molar refractivity (Wildman–Crippen MR) is 65.4 cm³/mol. The molecule has 0 aliphatic heterocycles. The number of nitrogens with zero attached hydrogens (tertiary/aromatic N) is 5. The second kappa shape index (κ2) is 5.41. The Morgan fingerprint density at radius 2 is 2.06 bits per heavy atom. The molecule has 0 radical (unpaired) electrons. The van der Waals surface area contributed by atoms with Gasteiger partial charge in [-0.2, -0.15) is 0 Å². The van der Waals surface area contributed by atoms with Crippen molar-refractivity contribution in [2.45, 2.75) is 17.1 Å². The van der Waals surface area contributed by atoms with Gasteiger partial charge in [-0.25, -0.2) is 19.9 Å². The molecule has 0 bridgehead atoms.